The minimum atomic E-state index is -3.93. The van der Waals surface area contributed by atoms with Gasteiger partial charge in [0.2, 0.25) is 15.9 Å². The third-order valence-electron chi connectivity index (χ3n) is 6.30. The van der Waals surface area contributed by atoms with E-state index in [1.807, 2.05) is 62.4 Å². The number of amides is 1. The molecule has 198 valence electrons. The molecule has 0 bridgehead atoms. The number of nitrogens with one attached hydrogen (secondary N) is 1. The summed E-state index contributed by atoms with van der Waals surface area (Å²) in [7, 11) is -0.817. The lowest BCUT2D eigenvalue weighted by Crippen LogP contribution is -2.42. The van der Waals surface area contributed by atoms with Gasteiger partial charge in [0.25, 0.3) is 0 Å². The van der Waals surface area contributed by atoms with Gasteiger partial charge in [0.15, 0.2) is 11.5 Å². The minimum absolute atomic E-state index is 0.178. The van der Waals surface area contributed by atoms with Crippen LogP contribution in [0, 0.1) is 20.8 Å². The maximum absolute atomic E-state index is 13.9. The maximum Gasteiger partial charge on any atom is 0.244 e. The van der Waals surface area contributed by atoms with Crippen molar-refractivity contribution in [3.05, 3.63) is 88.5 Å². The van der Waals surface area contributed by atoms with E-state index in [1.54, 1.807) is 40.2 Å². The summed E-state index contributed by atoms with van der Waals surface area (Å²) in [6.07, 6.45) is 0.489. The summed E-state index contributed by atoms with van der Waals surface area (Å²) in [6.45, 7) is 7.25. The predicted molar refractivity (Wildman–Crippen MR) is 146 cm³/mol. The standard InChI is InChI=1S/C29H36N2O5S/c1-20-16-21(2)29(22(3)17-20)37(33,34)31(15-14-24-10-8-7-9-11-24)19-28(32)30-23(4)25-12-13-26(35-5)27(18-25)36-6/h7-13,16-18,23H,14-15,19H2,1-6H3,(H,30,32)/t23-/m1/s1. The fraction of sp³-hybridized carbons (Fsp3) is 0.345. The molecule has 7 nitrogen and oxygen atoms in total. The summed E-state index contributed by atoms with van der Waals surface area (Å²) >= 11 is 0. The minimum Gasteiger partial charge on any atom is -0.493 e. The molecule has 0 aliphatic carbocycles. The van der Waals surface area contributed by atoms with Crippen molar-refractivity contribution in [1.82, 2.24) is 9.62 Å². The van der Waals surface area contributed by atoms with Gasteiger partial charge in [-0.15, -0.1) is 0 Å². The first-order valence-electron chi connectivity index (χ1n) is 12.2. The highest BCUT2D eigenvalue weighted by Crippen LogP contribution is 2.30. The van der Waals surface area contributed by atoms with Crippen LogP contribution in [-0.4, -0.2) is 45.9 Å². The number of hydrogen-bond donors (Lipinski definition) is 1. The average Bonchev–Trinajstić information content (AvgIpc) is 2.85. The van der Waals surface area contributed by atoms with Gasteiger partial charge in [0.05, 0.1) is 31.7 Å². The molecule has 1 amide bonds. The van der Waals surface area contributed by atoms with E-state index in [1.165, 1.54) is 4.31 Å². The Morgan fingerprint density at radius 1 is 0.919 bits per heavy atom. The molecule has 1 atom stereocenters. The average molecular weight is 525 g/mol. The van der Waals surface area contributed by atoms with E-state index in [4.69, 9.17) is 9.47 Å². The number of nitrogens with zero attached hydrogens (tertiary/aromatic N) is 1. The van der Waals surface area contributed by atoms with Crippen LogP contribution >= 0.6 is 0 Å². The van der Waals surface area contributed by atoms with E-state index in [2.05, 4.69) is 5.32 Å². The lowest BCUT2D eigenvalue weighted by molar-refractivity contribution is -0.121. The van der Waals surface area contributed by atoms with Crippen LogP contribution in [0.15, 0.2) is 65.6 Å². The van der Waals surface area contributed by atoms with Gasteiger partial charge in [-0.3, -0.25) is 4.79 Å². The third-order valence-corrected chi connectivity index (χ3v) is 8.45. The molecule has 0 saturated carbocycles. The van der Waals surface area contributed by atoms with Crippen LogP contribution in [0.4, 0.5) is 0 Å². The summed E-state index contributed by atoms with van der Waals surface area (Å²) in [5.41, 5.74) is 4.14. The van der Waals surface area contributed by atoms with E-state index >= 15 is 0 Å². The van der Waals surface area contributed by atoms with Crippen LogP contribution in [0.1, 0.15) is 40.8 Å². The molecule has 3 aromatic carbocycles. The zero-order valence-corrected chi connectivity index (χ0v) is 23.2. The zero-order valence-electron chi connectivity index (χ0n) is 22.4. The molecule has 0 saturated heterocycles. The first-order chi connectivity index (χ1) is 17.6. The Morgan fingerprint density at radius 2 is 1.54 bits per heavy atom. The number of carbonyl (C=O) groups excluding carboxylic acids is 1. The van der Waals surface area contributed by atoms with Crippen LogP contribution < -0.4 is 14.8 Å². The number of hydrogen-bond acceptors (Lipinski definition) is 5. The monoisotopic (exact) mass is 524 g/mol. The summed E-state index contributed by atoms with van der Waals surface area (Å²) < 4.78 is 39.7. The summed E-state index contributed by atoms with van der Waals surface area (Å²) in [4.78, 5) is 13.4. The first kappa shape index (κ1) is 28.2. The van der Waals surface area contributed by atoms with E-state index in [0.29, 0.717) is 29.0 Å². The normalized spacial score (nSPS) is 12.3. The van der Waals surface area contributed by atoms with Crippen LogP contribution in [0.3, 0.4) is 0 Å². The number of benzene rings is 3. The molecule has 1 N–H and O–H groups in total. The quantitative estimate of drug-likeness (QED) is 0.392. The van der Waals surface area contributed by atoms with Gasteiger partial charge in [-0.05, 0) is 68.5 Å². The number of aryl methyl sites for hydroxylation is 3. The molecule has 0 heterocycles. The molecule has 0 unspecified atom stereocenters. The van der Waals surface area contributed by atoms with Gasteiger partial charge in [-0.1, -0.05) is 54.1 Å². The molecule has 0 spiro atoms. The van der Waals surface area contributed by atoms with Crippen molar-refractivity contribution in [3.8, 4) is 11.5 Å². The van der Waals surface area contributed by atoms with Crippen molar-refractivity contribution in [1.29, 1.82) is 0 Å². The fourth-order valence-electron chi connectivity index (χ4n) is 4.54. The van der Waals surface area contributed by atoms with Crippen molar-refractivity contribution in [3.63, 3.8) is 0 Å². The van der Waals surface area contributed by atoms with E-state index in [9.17, 15) is 13.2 Å². The van der Waals surface area contributed by atoms with Crippen molar-refractivity contribution in [2.24, 2.45) is 0 Å². The van der Waals surface area contributed by atoms with Crippen molar-refractivity contribution in [2.45, 2.75) is 45.1 Å². The second-order valence-electron chi connectivity index (χ2n) is 9.21. The van der Waals surface area contributed by atoms with Crippen molar-refractivity contribution >= 4 is 15.9 Å². The Labute approximate surface area is 220 Å². The summed E-state index contributed by atoms with van der Waals surface area (Å²) in [6, 6.07) is 18.4. The zero-order chi connectivity index (χ0) is 27.2. The molecular weight excluding hydrogens is 488 g/mol. The molecule has 3 aromatic rings. The SMILES string of the molecule is COc1ccc([C@@H](C)NC(=O)CN(CCc2ccccc2)S(=O)(=O)c2c(C)cc(C)cc2C)cc1OC. The highest BCUT2D eigenvalue weighted by Gasteiger charge is 2.30. The molecule has 0 aliphatic rings. The Balaban J connectivity index is 1.86. The van der Waals surface area contributed by atoms with Gasteiger partial charge in [-0.25, -0.2) is 8.42 Å². The molecule has 0 radical (unpaired) electrons. The molecule has 0 aliphatic heterocycles. The molecule has 8 heteroatoms. The summed E-state index contributed by atoms with van der Waals surface area (Å²) in [5.74, 6) is 0.756. The van der Waals surface area contributed by atoms with Gasteiger partial charge in [0.1, 0.15) is 0 Å². The van der Waals surface area contributed by atoms with Gasteiger partial charge in [0, 0.05) is 6.54 Å². The van der Waals surface area contributed by atoms with Crippen LogP contribution in [0.2, 0.25) is 0 Å². The van der Waals surface area contributed by atoms with E-state index in [-0.39, 0.29) is 29.9 Å². The highest BCUT2D eigenvalue weighted by molar-refractivity contribution is 7.89. The van der Waals surface area contributed by atoms with Crippen molar-refractivity contribution < 1.29 is 22.7 Å². The van der Waals surface area contributed by atoms with Gasteiger partial charge >= 0.3 is 0 Å². The number of sulfonamides is 1. The number of rotatable bonds is 11. The fourth-order valence-corrected chi connectivity index (χ4v) is 6.35. The van der Waals surface area contributed by atoms with Crippen LogP contribution in [-0.2, 0) is 21.2 Å². The Morgan fingerprint density at radius 3 is 2.14 bits per heavy atom. The lowest BCUT2D eigenvalue weighted by Gasteiger charge is -2.25. The Hall–Kier alpha value is -3.36. The highest BCUT2D eigenvalue weighted by atomic mass is 32.2. The Bertz CT molecular complexity index is 1320. The lowest BCUT2D eigenvalue weighted by atomic mass is 10.1. The van der Waals surface area contributed by atoms with Gasteiger partial charge in [-0.2, -0.15) is 4.31 Å². The maximum atomic E-state index is 13.9. The second kappa shape index (κ2) is 12.3. The van der Waals surface area contributed by atoms with Crippen LogP contribution in [0.5, 0.6) is 11.5 Å². The first-order valence-corrected chi connectivity index (χ1v) is 13.6. The largest absolute Gasteiger partial charge is 0.493 e. The van der Waals surface area contributed by atoms with E-state index < -0.39 is 10.0 Å². The van der Waals surface area contributed by atoms with Gasteiger partial charge < -0.3 is 14.8 Å². The predicted octanol–water partition coefficient (Wildman–Crippen LogP) is 4.74. The smallest absolute Gasteiger partial charge is 0.244 e. The number of carbonyl (C=O) groups is 1. The number of ether oxygens (including phenoxy) is 2. The second-order valence-corrected chi connectivity index (χ2v) is 11.1. The van der Waals surface area contributed by atoms with Crippen LogP contribution in [0.25, 0.3) is 0 Å². The number of methoxy groups -OCH3 is 2. The third kappa shape index (κ3) is 6.90. The van der Waals surface area contributed by atoms with E-state index in [0.717, 1.165) is 16.7 Å². The molecular formula is C29H36N2O5S. The molecule has 37 heavy (non-hydrogen) atoms. The summed E-state index contributed by atoms with van der Waals surface area (Å²) in [5, 5.41) is 2.93. The molecule has 3 rings (SSSR count). The van der Waals surface area contributed by atoms with Crippen molar-refractivity contribution in [2.75, 3.05) is 27.3 Å². The topological polar surface area (TPSA) is 84.9 Å². The Kier molecular flexibility index (Phi) is 9.34. The molecule has 0 fully saturated rings. The molecule has 0 aromatic heterocycles.